The van der Waals surface area contributed by atoms with E-state index < -0.39 is 30.1 Å². The van der Waals surface area contributed by atoms with Gasteiger partial charge in [0.05, 0.1) is 32.3 Å². The first-order valence-corrected chi connectivity index (χ1v) is 13.6. The van der Waals surface area contributed by atoms with Crippen LogP contribution in [0.5, 0.6) is 11.5 Å². The largest absolute Gasteiger partial charge is 0.493 e. The number of amides is 2. The van der Waals surface area contributed by atoms with Crippen molar-refractivity contribution in [1.82, 2.24) is 10.2 Å². The van der Waals surface area contributed by atoms with Gasteiger partial charge in [-0.1, -0.05) is 19.3 Å². The van der Waals surface area contributed by atoms with Gasteiger partial charge in [0.15, 0.2) is 11.5 Å². The molecule has 0 spiro atoms. The molecule has 0 saturated heterocycles. The summed E-state index contributed by atoms with van der Waals surface area (Å²) in [5.74, 6) is -0.208. The average molecular weight is 533 g/mol. The summed E-state index contributed by atoms with van der Waals surface area (Å²) in [5.41, 5.74) is 1.55. The highest BCUT2D eigenvalue weighted by atomic mass is 16.5. The molecule has 1 saturated carbocycles. The molecule has 2 amide bonds. The maximum Gasteiger partial charge on any atom is 0.249 e. The van der Waals surface area contributed by atoms with Crippen LogP contribution >= 0.6 is 0 Å². The van der Waals surface area contributed by atoms with E-state index in [1.807, 2.05) is 6.92 Å². The van der Waals surface area contributed by atoms with Crippen LogP contribution in [0.25, 0.3) is 0 Å². The van der Waals surface area contributed by atoms with E-state index in [2.05, 4.69) is 5.32 Å². The molecule has 38 heavy (non-hydrogen) atoms. The van der Waals surface area contributed by atoms with Crippen molar-refractivity contribution < 1.29 is 39.1 Å². The van der Waals surface area contributed by atoms with Crippen LogP contribution in [0.1, 0.15) is 56.1 Å². The van der Waals surface area contributed by atoms with Crippen LogP contribution in [0.3, 0.4) is 0 Å². The first-order valence-electron chi connectivity index (χ1n) is 13.6. The highest BCUT2D eigenvalue weighted by Gasteiger charge is 2.51. The normalized spacial score (nSPS) is 24.6. The second-order valence-corrected chi connectivity index (χ2v) is 10.2. The maximum absolute atomic E-state index is 13.4. The molecule has 4 rings (SSSR count). The van der Waals surface area contributed by atoms with E-state index in [-0.39, 0.29) is 32.3 Å². The molecular weight excluding hydrogens is 492 g/mol. The quantitative estimate of drug-likeness (QED) is 0.334. The third-order valence-electron chi connectivity index (χ3n) is 7.78. The summed E-state index contributed by atoms with van der Waals surface area (Å²) in [6, 6.07) is 2.61. The van der Waals surface area contributed by atoms with E-state index >= 15 is 0 Å². The van der Waals surface area contributed by atoms with Crippen LogP contribution in [0.4, 0.5) is 0 Å². The number of methoxy groups -OCH3 is 1. The Morgan fingerprint density at radius 1 is 1.18 bits per heavy atom. The molecule has 10 heteroatoms. The predicted octanol–water partition coefficient (Wildman–Crippen LogP) is 1.26. The van der Waals surface area contributed by atoms with Gasteiger partial charge in [-0.15, -0.1) is 0 Å². The monoisotopic (exact) mass is 532 g/mol. The molecule has 1 aromatic rings. The Morgan fingerprint density at radius 2 is 1.95 bits per heavy atom. The lowest BCUT2D eigenvalue weighted by Gasteiger charge is -2.42. The van der Waals surface area contributed by atoms with Crippen molar-refractivity contribution in [2.45, 2.75) is 69.8 Å². The van der Waals surface area contributed by atoms with Crippen molar-refractivity contribution in [3.63, 3.8) is 0 Å². The smallest absolute Gasteiger partial charge is 0.249 e. The van der Waals surface area contributed by atoms with Gasteiger partial charge in [0.2, 0.25) is 11.8 Å². The summed E-state index contributed by atoms with van der Waals surface area (Å²) in [6.07, 6.45) is 5.08. The Balaban J connectivity index is 1.76. The predicted molar refractivity (Wildman–Crippen MR) is 139 cm³/mol. The van der Waals surface area contributed by atoms with Gasteiger partial charge >= 0.3 is 0 Å². The average Bonchev–Trinajstić information content (AvgIpc) is 3.34. The van der Waals surface area contributed by atoms with E-state index in [0.29, 0.717) is 47.3 Å². The standard InChI is InChI=1S/C28H40N2O8/c1-3-37-16-23(33)30(14-17-7-5-4-6-8-17)21-13-20(28(35)29-9-10-31)24-19-11-18(15-32)12-22(36-2)26(19)38-27(24)25(21)34/h11-13,17,21,24-25,27,31-32,34H,3-10,14-16H2,1-2H3,(H,29,35). The van der Waals surface area contributed by atoms with Crippen molar-refractivity contribution in [3.8, 4) is 11.5 Å². The minimum Gasteiger partial charge on any atom is -0.493 e. The number of fused-ring (bicyclic) bond motifs is 3. The van der Waals surface area contributed by atoms with Gasteiger partial charge in [-0.25, -0.2) is 0 Å². The number of hydrogen-bond donors (Lipinski definition) is 4. The summed E-state index contributed by atoms with van der Waals surface area (Å²) in [6.45, 7) is 2.14. The van der Waals surface area contributed by atoms with Gasteiger partial charge in [-0.2, -0.15) is 0 Å². The topological polar surface area (TPSA) is 138 Å². The third-order valence-corrected chi connectivity index (χ3v) is 7.78. The van der Waals surface area contributed by atoms with Crippen LogP contribution in [-0.2, 0) is 20.9 Å². The van der Waals surface area contributed by atoms with E-state index in [1.165, 1.54) is 13.5 Å². The lowest BCUT2D eigenvalue weighted by molar-refractivity contribution is -0.143. The van der Waals surface area contributed by atoms with Crippen LogP contribution in [0.15, 0.2) is 23.8 Å². The molecule has 1 fully saturated rings. The first kappa shape index (κ1) is 28.4. The minimum atomic E-state index is -1.13. The van der Waals surface area contributed by atoms with Crippen molar-refractivity contribution in [3.05, 3.63) is 34.9 Å². The second kappa shape index (κ2) is 12.9. The number of nitrogens with one attached hydrogen (secondary N) is 1. The Labute approximate surface area is 223 Å². The minimum absolute atomic E-state index is 0.0591. The number of rotatable bonds is 11. The number of carbonyl (C=O) groups excluding carboxylic acids is 2. The number of aliphatic hydroxyl groups excluding tert-OH is 3. The zero-order chi connectivity index (χ0) is 27.2. The van der Waals surface area contributed by atoms with Crippen LogP contribution < -0.4 is 14.8 Å². The van der Waals surface area contributed by atoms with Crippen molar-refractivity contribution >= 4 is 11.8 Å². The number of aliphatic hydroxyl groups is 3. The summed E-state index contributed by atoms with van der Waals surface area (Å²) in [5, 5.41) is 33.5. The lowest BCUT2D eigenvalue weighted by atomic mass is 9.77. The van der Waals surface area contributed by atoms with Crippen molar-refractivity contribution in [2.75, 3.05) is 40.0 Å². The molecule has 4 unspecified atom stereocenters. The lowest BCUT2D eigenvalue weighted by Crippen LogP contribution is -2.57. The van der Waals surface area contributed by atoms with E-state index in [0.717, 1.165) is 25.7 Å². The molecule has 2 aliphatic carbocycles. The molecule has 3 aliphatic rings. The number of hydrogen-bond acceptors (Lipinski definition) is 8. The number of ether oxygens (including phenoxy) is 3. The number of benzene rings is 1. The molecule has 1 aliphatic heterocycles. The van der Waals surface area contributed by atoms with E-state index in [9.17, 15) is 24.9 Å². The SMILES string of the molecule is CCOCC(=O)N(CC1CCCCC1)C1C=C(C(=O)NCCO)C2c3cc(CO)cc(OC)c3OC2C1O. The van der Waals surface area contributed by atoms with Gasteiger partial charge in [0.25, 0.3) is 0 Å². The first-order chi connectivity index (χ1) is 18.4. The summed E-state index contributed by atoms with van der Waals surface area (Å²) >= 11 is 0. The molecule has 0 bridgehead atoms. The van der Waals surface area contributed by atoms with Crippen LogP contribution in [0.2, 0.25) is 0 Å². The molecule has 0 radical (unpaired) electrons. The highest BCUT2D eigenvalue weighted by Crippen LogP contribution is 2.51. The molecular formula is C28H40N2O8. The summed E-state index contributed by atoms with van der Waals surface area (Å²) in [4.78, 5) is 28.4. The Hall–Kier alpha value is -2.66. The molecule has 4 atom stereocenters. The molecule has 10 nitrogen and oxygen atoms in total. The Kier molecular flexibility index (Phi) is 9.64. The second-order valence-electron chi connectivity index (χ2n) is 10.2. The maximum atomic E-state index is 13.4. The van der Waals surface area contributed by atoms with Gasteiger partial charge < -0.3 is 39.7 Å². The zero-order valence-corrected chi connectivity index (χ0v) is 22.2. The van der Waals surface area contributed by atoms with E-state index in [1.54, 1.807) is 23.1 Å². The fourth-order valence-electron chi connectivity index (χ4n) is 5.93. The molecule has 1 aromatic carbocycles. The Morgan fingerprint density at radius 3 is 2.61 bits per heavy atom. The molecule has 210 valence electrons. The van der Waals surface area contributed by atoms with Crippen molar-refractivity contribution in [1.29, 1.82) is 0 Å². The van der Waals surface area contributed by atoms with E-state index in [4.69, 9.17) is 14.2 Å². The van der Waals surface area contributed by atoms with Gasteiger partial charge in [0, 0.05) is 30.8 Å². The third kappa shape index (κ3) is 5.83. The highest BCUT2D eigenvalue weighted by molar-refractivity contribution is 5.96. The molecule has 0 aromatic heterocycles. The van der Waals surface area contributed by atoms with Gasteiger partial charge in [0.1, 0.15) is 18.8 Å². The number of nitrogens with zero attached hydrogens (tertiary/aromatic N) is 1. The molecule has 1 heterocycles. The zero-order valence-electron chi connectivity index (χ0n) is 22.2. The fraction of sp³-hybridized carbons (Fsp3) is 0.643. The summed E-state index contributed by atoms with van der Waals surface area (Å²) < 4.78 is 17.2. The van der Waals surface area contributed by atoms with Crippen molar-refractivity contribution in [2.24, 2.45) is 5.92 Å². The number of carbonyl (C=O) groups is 2. The van der Waals surface area contributed by atoms with Crippen LogP contribution in [0, 0.1) is 5.92 Å². The van der Waals surface area contributed by atoms with Gasteiger partial charge in [-0.3, -0.25) is 9.59 Å². The fourth-order valence-corrected chi connectivity index (χ4v) is 5.93. The summed E-state index contributed by atoms with van der Waals surface area (Å²) in [7, 11) is 1.49. The van der Waals surface area contributed by atoms with Gasteiger partial charge in [-0.05, 0) is 49.5 Å². The Bertz CT molecular complexity index is 1020. The van der Waals surface area contributed by atoms with Crippen LogP contribution in [-0.4, -0.2) is 90.3 Å². The molecule has 4 N–H and O–H groups in total.